The third-order valence-corrected chi connectivity index (χ3v) is 6.87. The summed E-state index contributed by atoms with van der Waals surface area (Å²) in [7, 11) is -3.66. The second-order valence-electron chi connectivity index (χ2n) is 7.99. The minimum absolute atomic E-state index is 0.381. The summed E-state index contributed by atoms with van der Waals surface area (Å²) in [6.07, 6.45) is 2.64. The van der Waals surface area contributed by atoms with Crippen LogP contribution in [-0.2, 0) is 14.8 Å². The molecule has 33 heavy (non-hydrogen) atoms. The summed E-state index contributed by atoms with van der Waals surface area (Å²) in [5.74, 6) is -0.542. The van der Waals surface area contributed by atoms with Gasteiger partial charge in [-0.25, -0.2) is 13.8 Å². The van der Waals surface area contributed by atoms with Crippen molar-refractivity contribution in [3.63, 3.8) is 0 Å². The van der Waals surface area contributed by atoms with Crippen LogP contribution in [0.4, 0.5) is 5.69 Å². The Morgan fingerprint density at radius 1 is 1.12 bits per heavy atom. The van der Waals surface area contributed by atoms with Crippen LogP contribution in [0.2, 0.25) is 0 Å². The van der Waals surface area contributed by atoms with Crippen molar-refractivity contribution in [2.75, 3.05) is 17.1 Å². The maximum Gasteiger partial charge on any atom is 0.260 e. The lowest BCUT2D eigenvalue weighted by Gasteiger charge is -2.21. The number of sulfonamides is 1. The number of rotatable bonds is 7. The van der Waals surface area contributed by atoms with Crippen molar-refractivity contribution >= 4 is 43.8 Å². The maximum atomic E-state index is 12.5. The highest BCUT2D eigenvalue weighted by molar-refractivity contribution is 9.10. The number of hydrogen-bond donors (Lipinski definition) is 1. The van der Waals surface area contributed by atoms with Crippen LogP contribution in [0.25, 0.3) is 5.69 Å². The first-order valence-corrected chi connectivity index (χ1v) is 12.9. The molecule has 1 aromatic heterocycles. The smallest absolute Gasteiger partial charge is 0.260 e. The number of benzene rings is 2. The Kier molecular flexibility index (Phi) is 7.44. The zero-order valence-electron chi connectivity index (χ0n) is 19.3. The van der Waals surface area contributed by atoms with E-state index in [1.54, 1.807) is 30.5 Å². The Morgan fingerprint density at radius 2 is 1.85 bits per heavy atom. The normalized spacial score (nSPS) is 11.7. The van der Waals surface area contributed by atoms with Crippen molar-refractivity contribution in [3.05, 3.63) is 81.1 Å². The van der Waals surface area contributed by atoms with Gasteiger partial charge < -0.3 is 4.57 Å². The lowest BCUT2D eigenvalue weighted by atomic mass is 10.1. The number of halogens is 1. The fourth-order valence-electron chi connectivity index (χ4n) is 3.72. The van der Waals surface area contributed by atoms with Crippen LogP contribution in [0, 0.1) is 27.7 Å². The van der Waals surface area contributed by atoms with E-state index in [0.717, 1.165) is 33.2 Å². The fraction of sp³-hybridized carbons (Fsp3) is 0.250. The molecule has 2 aromatic carbocycles. The van der Waals surface area contributed by atoms with E-state index < -0.39 is 15.9 Å². The number of anilines is 1. The molecule has 0 spiro atoms. The van der Waals surface area contributed by atoms with Gasteiger partial charge in [-0.1, -0.05) is 39.7 Å². The van der Waals surface area contributed by atoms with Crippen molar-refractivity contribution in [1.82, 2.24) is 9.99 Å². The van der Waals surface area contributed by atoms with E-state index in [0.29, 0.717) is 10.2 Å². The molecule has 1 heterocycles. The van der Waals surface area contributed by atoms with Gasteiger partial charge in [0.2, 0.25) is 10.0 Å². The zero-order valence-corrected chi connectivity index (χ0v) is 21.7. The van der Waals surface area contributed by atoms with Crippen molar-refractivity contribution < 1.29 is 13.2 Å². The van der Waals surface area contributed by atoms with E-state index >= 15 is 0 Å². The summed E-state index contributed by atoms with van der Waals surface area (Å²) in [4.78, 5) is 12.5. The largest absolute Gasteiger partial charge is 0.318 e. The average molecular weight is 531 g/mol. The molecule has 0 bridgehead atoms. The number of carbonyl (C=O) groups excluding carboxylic acids is 1. The molecule has 3 aromatic rings. The summed E-state index contributed by atoms with van der Waals surface area (Å²) >= 11 is 3.32. The van der Waals surface area contributed by atoms with Gasteiger partial charge in [-0.05, 0) is 63.6 Å². The number of nitrogens with one attached hydrogen (secondary N) is 1. The van der Waals surface area contributed by atoms with E-state index in [9.17, 15) is 13.2 Å². The first-order chi connectivity index (χ1) is 15.5. The Hall–Kier alpha value is -2.91. The fourth-order valence-corrected chi connectivity index (χ4v) is 4.95. The predicted molar refractivity (Wildman–Crippen MR) is 137 cm³/mol. The van der Waals surface area contributed by atoms with E-state index in [2.05, 4.69) is 63.1 Å². The molecule has 1 amide bonds. The van der Waals surface area contributed by atoms with Crippen molar-refractivity contribution in [2.45, 2.75) is 27.7 Å². The lowest BCUT2D eigenvalue weighted by Crippen LogP contribution is -2.39. The van der Waals surface area contributed by atoms with Crippen LogP contribution < -0.4 is 9.73 Å². The van der Waals surface area contributed by atoms with Gasteiger partial charge in [-0.15, -0.1) is 0 Å². The highest BCUT2D eigenvalue weighted by atomic mass is 79.9. The first-order valence-electron chi connectivity index (χ1n) is 10.3. The molecule has 0 saturated heterocycles. The van der Waals surface area contributed by atoms with E-state index in [1.807, 2.05) is 19.9 Å². The van der Waals surface area contributed by atoms with Crippen LogP contribution in [-0.4, -0.2) is 37.9 Å². The summed E-state index contributed by atoms with van der Waals surface area (Å²) in [5, 5.41) is 4.06. The third-order valence-electron chi connectivity index (χ3n) is 5.24. The average Bonchev–Trinajstić information content (AvgIpc) is 2.99. The number of hydrogen-bond acceptors (Lipinski definition) is 4. The minimum Gasteiger partial charge on any atom is -0.318 e. The van der Waals surface area contributed by atoms with Crippen molar-refractivity contribution in [3.8, 4) is 5.69 Å². The number of aromatic nitrogens is 1. The highest BCUT2D eigenvalue weighted by Crippen LogP contribution is 2.24. The number of amides is 1. The second kappa shape index (κ2) is 9.93. The van der Waals surface area contributed by atoms with Gasteiger partial charge in [-0.2, -0.15) is 5.10 Å². The molecule has 0 radical (unpaired) electrons. The van der Waals surface area contributed by atoms with Gasteiger partial charge in [-0.3, -0.25) is 9.10 Å². The monoisotopic (exact) mass is 530 g/mol. The van der Waals surface area contributed by atoms with Crippen LogP contribution in [0.1, 0.15) is 28.1 Å². The highest BCUT2D eigenvalue weighted by Gasteiger charge is 2.21. The van der Waals surface area contributed by atoms with Crippen LogP contribution in [0.15, 0.2) is 58.1 Å². The molecule has 0 aliphatic carbocycles. The quantitative estimate of drug-likeness (QED) is 0.363. The van der Waals surface area contributed by atoms with Crippen molar-refractivity contribution in [2.24, 2.45) is 5.10 Å². The third kappa shape index (κ3) is 5.91. The Morgan fingerprint density at radius 3 is 2.48 bits per heavy atom. The standard InChI is InChI=1S/C24H27BrN4O3S/c1-16-9-10-23(17(2)11-16)29-18(3)12-20(19(29)4)14-26-27-24(30)15-28(33(5,31)32)22-8-6-7-21(25)13-22/h6-14H,15H2,1-5H3,(H,27,30)/b26-14-. The molecule has 0 fully saturated rings. The predicted octanol–water partition coefficient (Wildman–Crippen LogP) is 4.39. The van der Waals surface area contributed by atoms with Gasteiger partial charge in [0.25, 0.3) is 5.91 Å². The molecule has 3 rings (SSSR count). The Balaban J connectivity index is 1.76. The Bertz CT molecular complexity index is 1330. The first kappa shape index (κ1) is 24.7. The molecule has 0 aliphatic rings. The number of hydrazone groups is 1. The molecule has 1 N–H and O–H groups in total. The van der Waals surface area contributed by atoms with Crippen molar-refractivity contribution in [1.29, 1.82) is 0 Å². The number of carbonyl (C=O) groups is 1. The molecule has 174 valence electrons. The summed E-state index contributed by atoms with van der Waals surface area (Å²) in [5.41, 5.74) is 9.19. The molecular weight excluding hydrogens is 504 g/mol. The van der Waals surface area contributed by atoms with Gasteiger partial charge in [0.15, 0.2) is 0 Å². The topological polar surface area (TPSA) is 83.8 Å². The molecule has 9 heteroatoms. The lowest BCUT2D eigenvalue weighted by molar-refractivity contribution is -0.119. The second-order valence-corrected chi connectivity index (χ2v) is 10.8. The van der Waals surface area contributed by atoms with Gasteiger partial charge in [0.1, 0.15) is 6.54 Å². The molecular formula is C24H27BrN4O3S. The van der Waals surface area contributed by atoms with E-state index in [4.69, 9.17) is 0 Å². The summed E-state index contributed by atoms with van der Waals surface area (Å²) in [6.45, 7) is 7.77. The van der Waals surface area contributed by atoms with Gasteiger partial charge in [0.05, 0.1) is 18.2 Å². The molecule has 0 unspecified atom stereocenters. The van der Waals surface area contributed by atoms with Gasteiger partial charge in [0, 0.05) is 27.1 Å². The van der Waals surface area contributed by atoms with E-state index in [-0.39, 0.29) is 6.54 Å². The SMILES string of the molecule is Cc1ccc(-n2c(C)cc(/C=N\NC(=O)CN(c3cccc(Br)c3)S(C)(=O)=O)c2C)c(C)c1. The van der Waals surface area contributed by atoms with Crippen LogP contribution in [0.3, 0.4) is 0 Å². The molecule has 0 aliphatic heterocycles. The molecule has 0 atom stereocenters. The van der Waals surface area contributed by atoms with Crippen LogP contribution in [0.5, 0.6) is 0 Å². The molecule has 7 nitrogen and oxygen atoms in total. The zero-order chi connectivity index (χ0) is 24.3. The molecule has 0 saturated carbocycles. The number of aryl methyl sites for hydroxylation is 3. The van der Waals surface area contributed by atoms with Crippen LogP contribution >= 0.6 is 15.9 Å². The minimum atomic E-state index is -3.66. The van der Waals surface area contributed by atoms with E-state index in [1.165, 1.54) is 11.1 Å². The maximum absolute atomic E-state index is 12.5. The van der Waals surface area contributed by atoms with Gasteiger partial charge >= 0.3 is 0 Å². The number of nitrogens with zero attached hydrogens (tertiary/aromatic N) is 3. The summed E-state index contributed by atoms with van der Waals surface area (Å²) in [6, 6.07) is 15.1. The summed E-state index contributed by atoms with van der Waals surface area (Å²) < 4.78 is 28.4. The Labute approximate surface area is 203 Å².